The highest BCUT2D eigenvalue weighted by molar-refractivity contribution is 8.14. The van der Waals surface area contributed by atoms with E-state index in [4.69, 9.17) is 4.74 Å². The van der Waals surface area contributed by atoms with Crippen molar-refractivity contribution in [3.05, 3.63) is 23.8 Å². The zero-order valence-electron chi connectivity index (χ0n) is 13.6. The lowest BCUT2D eigenvalue weighted by Gasteiger charge is -2.09. The Morgan fingerprint density at radius 3 is 2.87 bits per heavy atom. The maximum atomic E-state index is 11.0. The molecule has 0 bridgehead atoms. The molecule has 0 amide bonds. The molecular formula is C17H23NO4S. The van der Waals surface area contributed by atoms with E-state index in [9.17, 15) is 9.90 Å². The molecule has 1 unspecified atom stereocenters. The van der Waals surface area contributed by atoms with Crippen LogP contribution in [0.2, 0.25) is 0 Å². The van der Waals surface area contributed by atoms with Crippen molar-refractivity contribution in [3.63, 3.8) is 0 Å². The summed E-state index contributed by atoms with van der Waals surface area (Å²) in [7, 11) is 1.40. The van der Waals surface area contributed by atoms with Crippen LogP contribution in [0, 0.1) is 0 Å². The quantitative estimate of drug-likeness (QED) is 0.582. The van der Waals surface area contributed by atoms with Gasteiger partial charge >= 0.3 is 5.97 Å². The number of phenols is 1. The second kappa shape index (κ2) is 8.82. The number of benzene rings is 1. The fourth-order valence-corrected chi connectivity index (χ4v) is 3.30. The zero-order chi connectivity index (χ0) is 16.7. The van der Waals surface area contributed by atoms with Gasteiger partial charge in [-0.05, 0) is 38.3 Å². The van der Waals surface area contributed by atoms with Crippen molar-refractivity contribution in [2.24, 2.45) is 4.99 Å². The molecule has 0 spiro atoms. The van der Waals surface area contributed by atoms with Gasteiger partial charge in [-0.15, -0.1) is 11.8 Å². The minimum absolute atomic E-state index is 0.173. The van der Waals surface area contributed by atoms with Gasteiger partial charge in [0.1, 0.15) is 16.5 Å². The molecule has 1 aliphatic rings. The molecule has 0 saturated heterocycles. The first kappa shape index (κ1) is 17.7. The van der Waals surface area contributed by atoms with Crippen LogP contribution in [0.5, 0.6) is 11.5 Å². The summed E-state index contributed by atoms with van der Waals surface area (Å²) in [5, 5.41) is 11.0. The molecule has 2 rings (SSSR count). The van der Waals surface area contributed by atoms with E-state index >= 15 is 0 Å². The monoisotopic (exact) mass is 337 g/mol. The minimum atomic E-state index is -0.173. The molecule has 0 aromatic heterocycles. The van der Waals surface area contributed by atoms with Crippen molar-refractivity contribution in [3.8, 4) is 11.5 Å². The first-order chi connectivity index (χ1) is 11.1. The number of thioether (sulfide) groups is 1. The Morgan fingerprint density at radius 1 is 1.39 bits per heavy atom. The first-order valence-corrected chi connectivity index (χ1v) is 8.82. The molecule has 1 heterocycles. The van der Waals surface area contributed by atoms with E-state index in [2.05, 4.69) is 16.7 Å². The van der Waals surface area contributed by atoms with E-state index in [-0.39, 0.29) is 11.7 Å². The number of nitrogens with zero attached hydrogens (tertiary/aromatic N) is 1. The summed E-state index contributed by atoms with van der Waals surface area (Å²) in [6.07, 6.45) is 3.02. The smallest absolute Gasteiger partial charge is 0.305 e. The molecule has 126 valence electrons. The zero-order valence-corrected chi connectivity index (χ0v) is 14.4. The highest BCUT2D eigenvalue weighted by Gasteiger charge is 2.18. The number of aromatic hydroxyl groups is 1. The van der Waals surface area contributed by atoms with Crippen LogP contribution in [0.15, 0.2) is 23.2 Å². The van der Waals surface area contributed by atoms with Crippen molar-refractivity contribution in [2.75, 3.05) is 19.5 Å². The van der Waals surface area contributed by atoms with Crippen molar-refractivity contribution in [1.82, 2.24) is 0 Å². The average Bonchev–Trinajstić information content (AvgIpc) is 2.96. The molecule has 0 aliphatic carbocycles. The number of hydrogen-bond acceptors (Lipinski definition) is 6. The van der Waals surface area contributed by atoms with Crippen LogP contribution in [-0.4, -0.2) is 41.6 Å². The Labute approximate surface area is 141 Å². The second-order valence-corrected chi connectivity index (χ2v) is 6.52. The molecule has 1 aromatic carbocycles. The molecule has 0 saturated carbocycles. The van der Waals surface area contributed by atoms with Crippen LogP contribution in [0.25, 0.3) is 0 Å². The molecule has 5 nitrogen and oxygen atoms in total. The Hall–Kier alpha value is -1.69. The molecule has 0 radical (unpaired) electrons. The summed E-state index contributed by atoms with van der Waals surface area (Å²) < 4.78 is 10.2. The maximum absolute atomic E-state index is 11.0. The van der Waals surface area contributed by atoms with Gasteiger partial charge in [-0.1, -0.05) is 0 Å². The summed E-state index contributed by atoms with van der Waals surface area (Å²) >= 11 is 1.67. The Balaban J connectivity index is 1.75. The van der Waals surface area contributed by atoms with Crippen molar-refractivity contribution < 1.29 is 19.4 Å². The molecule has 23 heavy (non-hydrogen) atoms. The van der Waals surface area contributed by atoms with Gasteiger partial charge in [0, 0.05) is 23.8 Å². The number of hydrogen-bond donors (Lipinski definition) is 1. The highest BCUT2D eigenvalue weighted by atomic mass is 32.2. The van der Waals surface area contributed by atoms with Crippen LogP contribution in [0.1, 0.15) is 38.2 Å². The summed E-state index contributed by atoms with van der Waals surface area (Å²) in [4.78, 5) is 15.5. The molecule has 1 aliphatic heterocycles. The van der Waals surface area contributed by atoms with E-state index in [0.717, 1.165) is 35.6 Å². The van der Waals surface area contributed by atoms with E-state index in [1.807, 2.05) is 12.1 Å². The SMILES string of the molecule is COC(=O)CCCCCOc1ccc(C2=NC(C)CS2)c(O)c1. The van der Waals surface area contributed by atoms with E-state index in [1.165, 1.54) is 7.11 Å². The number of esters is 1. The molecule has 0 fully saturated rings. The number of carbonyl (C=O) groups is 1. The van der Waals surface area contributed by atoms with Crippen molar-refractivity contribution in [2.45, 2.75) is 38.6 Å². The lowest BCUT2D eigenvalue weighted by Crippen LogP contribution is -2.01. The Bertz CT molecular complexity index is 574. The van der Waals surface area contributed by atoms with Crippen molar-refractivity contribution >= 4 is 22.8 Å². The number of aliphatic imine (C=N–C) groups is 1. The lowest BCUT2D eigenvalue weighted by molar-refractivity contribution is -0.140. The van der Waals surface area contributed by atoms with Crippen LogP contribution < -0.4 is 4.74 Å². The number of ether oxygens (including phenoxy) is 2. The predicted molar refractivity (Wildman–Crippen MR) is 92.5 cm³/mol. The Morgan fingerprint density at radius 2 is 2.22 bits per heavy atom. The molecule has 1 atom stereocenters. The fourth-order valence-electron chi connectivity index (χ4n) is 2.24. The van der Waals surface area contributed by atoms with Gasteiger partial charge in [-0.3, -0.25) is 9.79 Å². The van der Waals surface area contributed by atoms with Gasteiger partial charge in [-0.25, -0.2) is 0 Å². The predicted octanol–water partition coefficient (Wildman–Crippen LogP) is 3.39. The topological polar surface area (TPSA) is 68.1 Å². The van der Waals surface area contributed by atoms with Crippen LogP contribution in [0.4, 0.5) is 0 Å². The van der Waals surface area contributed by atoms with Crippen LogP contribution in [-0.2, 0) is 9.53 Å². The van der Waals surface area contributed by atoms with Gasteiger partial charge in [0.15, 0.2) is 0 Å². The third kappa shape index (κ3) is 5.46. The van der Waals surface area contributed by atoms with E-state index < -0.39 is 0 Å². The standard InChI is InChI=1S/C17H23NO4S/c1-12-11-23-17(18-12)14-8-7-13(10-15(14)19)22-9-5-3-4-6-16(20)21-2/h7-8,10,12,19H,3-6,9,11H2,1-2H3. The third-order valence-corrected chi connectivity index (χ3v) is 4.77. The van der Waals surface area contributed by atoms with Gasteiger partial charge in [0.25, 0.3) is 0 Å². The van der Waals surface area contributed by atoms with E-state index in [1.54, 1.807) is 17.8 Å². The van der Waals surface area contributed by atoms with Crippen molar-refractivity contribution in [1.29, 1.82) is 0 Å². The Kier molecular flexibility index (Phi) is 6.77. The number of methoxy groups -OCH3 is 1. The van der Waals surface area contributed by atoms with Gasteiger partial charge in [0.05, 0.1) is 19.8 Å². The molecule has 1 N–H and O–H groups in total. The third-order valence-electron chi connectivity index (χ3n) is 3.52. The van der Waals surface area contributed by atoms with E-state index in [0.29, 0.717) is 24.8 Å². The summed E-state index contributed by atoms with van der Waals surface area (Å²) in [6, 6.07) is 5.65. The minimum Gasteiger partial charge on any atom is -0.507 e. The fraction of sp³-hybridized carbons (Fsp3) is 0.529. The molecular weight excluding hydrogens is 314 g/mol. The summed E-state index contributed by atoms with van der Waals surface area (Å²) in [6.45, 7) is 2.63. The molecule has 6 heteroatoms. The maximum Gasteiger partial charge on any atom is 0.305 e. The number of rotatable bonds is 8. The van der Waals surface area contributed by atoms with Crippen LogP contribution >= 0.6 is 11.8 Å². The summed E-state index contributed by atoms with van der Waals surface area (Å²) in [5.74, 6) is 1.64. The average molecular weight is 337 g/mol. The largest absolute Gasteiger partial charge is 0.507 e. The normalized spacial score (nSPS) is 17.0. The first-order valence-electron chi connectivity index (χ1n) is 7.83. The molecule has 1 aromatic rings. The number of unbranched alkanes of at least 4 members (excludes halogenated alkanes) is 2. The van der Waals surface area contributed by atoms with Gasteiger partial charge in [-0.2, -0.15) is 0 Å². The van der Waals surface area contributed by atoms with Gasteiger partial charge in [0.2, 0.25) is 0 Å². The lowest BCUT2D eigenvalue weighted by atomic mass is 10.2. The van der Waals surface area contributed by atoms with Gasteiger partial charge < -0.3 is 14.6 Å². The second-order valence-electron chi connectivity index (χ2n) is 5.51. The summed E-state index contributed by atoms with van der Waals surface area (Å²) in [5.41, 5.74) is 0.768. The number of carbonyl (C=O) groups excluding carboxylic acids is 1. The highest BCUT2D eigenvalue weighted by Crippen LogP contribution is 2.31. The number of phenolic OH excluding ortho intramolecular Hbond substituents is 1. The van der Waals surface area contributed by atoms with Crippen LogP contribution in [0.3, 0.4) is 0 Å².